The number of nitrogens with one attached hydrogen (secondary N) is 2. The average molecular weight is 515 g/mol. The number of nitrogens with zero attached hydrogens (tertiary/aromatic N) is 6. The third-order valence-electron chi connectivity index (χ3n) is 6.08. The lowest BCUT2D eigenvalue weighted by atomic mass is 10.1. The second kappa shape index (κ2) is 8.33. The van der Waals surface area contributed by atoms with Gasteiger partial charge in [0.1, 0.15) is 5.69 Å². The van der Waals surface area contributed by atoms with Crippen LogP contribution in [0.5, 0.6) is 5.88 Å². The molecule has 4 aromatic heterocycles. The summed E-state index contributed by atoms with van der Waals surface area (Å²) in [5, 5.41) is 14.8. The van der Waals surface area contributed by atoms with E-state index < -0.39 is 11.6 Å². The van der Waals surface area contributed by atoms with Gasteiger partial charge in [-0.05, 0) is 31.1 Å². The molecular formula is C22H20F2N8O3S. The van der Waals surface area contributed by atoms with Crippen molar-refractivity contribution in [1.82, 2.24) is 34.4 Å². The number of H-pyrrole nitrogens is 2. The molecule has 0 spiro atoms. The molecular weight excluding hydrogens is 494 g/mol. The monoisotopic (exact) mass is 514 g/mol. The molecule has 14 heteroatoms. The van der Waals surface area contributed by atoms with Crippen LogP contribution >= 0.6 is 11.3 Å². The van der Waals surface area contributed by atoms with E-state index >= 15 is 0 Å². The molecule has 1 aliphatic carbocycles. The number of piperidine rings is 1. The standard InChI is InChI=1S/C22H20F2N8O3S/c23-22(24)5-7-31(8-6-22)19(34)15-4-3-14(36-15)16-28-17-11(9-13-18(33)30-21(35)27-13)10-25-32(17)20(29-16)26-12-1-2-12/h3-4,9-10,12,33H,1-2,5-8H2,(H2,27,30,35). The summed E-state index contributed by atoms with van der Waals surface area (Å²) in [6.07, 6.45) is 4.28. The van der Waals surface area contributed by atoms with Gasteiger partial charge in [0, 0.05) is 31.1 Å². The number of carbonyl (C=O) groups excluding carboxylic acids is 1. The Balaban J connectivity index is 1.40. The Labute approximate surface area is 204 Å². The molecule has 186 valence electrons. The molecule has 1 saturated carbocycles. The van der Waals surface area contributed by atoms with Gasteiger partial charge in [-0.3, -0.25) is 9.78 Å². The molecule has 1 amide bonds. The summed E-state index contributed by atoms with van der Waals surface area (Å²) in [7, 11) is 0. The van der Waals surface area contributed by atoms with Crippen LogP contribution in [0.25, 0.3) is 22.4 Å². The van der Waals surface area contributed by atoms with E-state index in [-0.39, 0.29) is 49.5 Å². The largest absolute Gasteiger partial charge is 0.493 e. The lowest BCUT2D eigenvalue weighted by Crippen LogP contribution is -2.42. The van der Waals surface area contributed by atoms with E-state index in [1.165, 1.54) is 33.0 Å². The Morgan fingerprint density at radius 2 is 2.00 bits per heavy atom. The molecule has 0 aromatic carbocycles. The van der Waals surface area contributed by atoms with Gasteiger partial charge in [0.2, 0.25) is 11.5 Å². The van der Waals surface area contributed by atoms with Crippen molar-refractivity contribution in [1.29, 1.82) is 0 Å². The molecule has 2 fully saturated rings. The third kappa shape index (κ3) is 4.27. The number of alkyl halides is 2. The number of halogens is 2. The molecule has 1 saturated heterocycles. The van der Waals surface area contributed by atoms with Crippen LogP contribution in [0.3, 0.4) is 0 Å². The van der Waals surface area contributed by atoms with Gasteiger partial charge >= 0.3 is 5.69 Å². The molecule has 5 heterocycles. The number of amides is 1. The van der Waals surface area contributed by atoms with Gasteiger partial charge in [0.05, 0.1) is 22.0 Å². The van der Waals surface area contributed by atoms with Gasteiger partial charge in [-0.1, -0.05) is 0 Å². The second-order valence-electron chi connectivity index (χ2n) is 8.84. The molecule has 0 atom stereocenters. The van der Waals surface area contributed by atoms with Crippen LogP contribution in [0.15, 0.2) is 28.1 Å². The minimum atomic E-state index is -2.73. The summed E-state index contributed by atoms with van der Waals surface area (Å²) in [4.78, 5) is 45.5. The third-order valence-corrected chi connectivity index (χ3v) is 7.15. The summed E-state index contributed by atoms with van der Waals surface area (Å²) in [6.45, 7) is 0.0180. The van der Waals surface area contributed by atoms with Crippen molar-refractivity contribution in [3.63, 3.8) is 0 Å². The molecule has 4 aromatic rings. The first-order valence-electron chi connectivity index (χ1n) is 11.4. The maximum atomic E-state index is 13.5. The fourth-order valence-electron chi connectivity index (χ4n) is 3.96. The van der Waals surface area contributed by atoms with Crippen molar-refractivity contribution in [3.8, 4) is 16.6 Å². The number of aromatic hydroxyl groups is 1. The highest BCUT2D eigenvalue weighted by atomic mass is 32.1. The predicted molar refractivity (Wildman–Crippen MR) is 125 cm³/mol. The zero-order chi connectivity index (χ0) is 25.0. The van der Waals surface area contributed by atoms with E-state index in [9.17, 15) is 23.5 Å². The molecule has 0 unspecified atom stereocenters. The summed E-state index contributed by atoms with van der Waals surface area (Å²) < 4.78 is 28.5. The average Bonchev–Trinajstić information content (AvgIpc) is 3.22. The van der Waals surface area contributed by atoms with E-state index in [2.05, 4.69) is 30.0 Å². The van der Waals surface area contributed by atoms with Crippen LogP contribution in [-0.4, -0.2) is 70.5 Å². The highest BCUT2D eigenvalue weighted by Crippen LogP contribution is 2.31. The van der Waals surface area contributed by atoms with Gasteiger partial charge < -0.3 is 15.0 Å². The summed E-state index contributed by atoms with van der Waals surface area (Å²) in [6, 6.07) is 3.51. The quantitative estimate of drug-likeness (QED) is 0.371. The number of carbonyl (C=O) groups is 1. The second-order valence-corrected chi connectivity index (χ2v) is 9.92. The van der Waals surface area contributed by atoms with Crippen molar-refractivity contribution < 1.29 is 18.7 Å². The van der Waals surface area contributed by atoms with Crippen molar-refractivity contribution in [2.24, 2.45) is 4.99 Å². The fourth-order valence-corrected chi connectivity index (χ4v) is 4.86. The molecule has 2 aliphatic rings. The highest BCUT2D eigenvalue weighted by molar-refractivity contribution is 7.17. The molecule has 1 aliphatic heterocycles. The number of aromatic amines is 2. The van der Waals surface area contributed by atoms with Crippen molar-refractivity contribution in [3.05, 3.63) is 50.2 Å². The zero-order valence-electron chi connectivity index (χ0n) is 18.7. The minimum Gasteiger partial charge on any atom is -0.493 e. The predicted octanol–water partition coefficient (Wildman–Crippen LogP) is 1.06. The number of fused-ring (bicyclic) bond motifs is 1. The Hall–Kier alpha value is -3.94. The lowest BCUT2D eigenvalue weighted by molar-refractivity contribution is -0.0493. The minimum absolute atomic E-state index is 0.00898. The Morgan fingerprint density at radius 3 is 2.69 bits per heavy atom. The Bertz CT molecular complexity index is 1660. The fraction of sp³-hybridized carbons (Fsp3) is 0.364. The van der Waals surface area contributed by atoms with E-state index in [0.717, 1.165) is 12.8 Å². The van der Waals surface area contributed by atoms with Gasteiger partial charge in [-0.25, -0.2) is 23.6 Å². The number of imidazole rings is 1. The lowest BCUT2D eigenvalue weighted by Gasteiger charge is -2.31. The maximum Gasteiger partial charge on any atom is 0.326 e. The van der Waals surface area contributed by atoms with Crippen molar-refractivity contribution >= 4 is 29.0 Å². The first-order valence-corrected chi connectivity index (χ1v) is 12.2. The van der Waals surface area contributed by atoms with E-state index in [0.29, 0.717) is 32.1 Å². The maximum absolute atomic E-state index is 13.5. The smallest absolute Gasteiger partial charge is 0.326 e. The van der Waals surface area contributed by atoms with Crippen LogP contribution in [0, 0.1) is 0 Å². The molecule has 11 nitrogen and oxygen atoms in total. The van der Waals surface area contributed by atoms with Crippen molar-refractivity contribution in [2.75, 3.05) is 13.1 Å². The summed E-state index contributed by atoms with van der Waals surface area (Å²) in [5.41, 5.74) is 0.374. The number of aromatic nitrogens is 6. The number of hydrogen-bond acceptors (Lipinski definition) is 8. The number of likely N-dealkylation sites (tertiary alicyclic amines) is 1. The highest BCUT2D eigenvalue weighted by Gasteiger charge is 2.36. The summed E-state index contributed by atoms with van der Waals surface area (Å²) >= 11 is 1.18. The van der Waals surface area contributed by atoms with E-state index in [4.69, 9.17) is 0 Å². The normalized spacial score (nSPS) is 18.9. The van der Waals surface area contributed by atoms with Crippen LogP contribution < -0.4 is 16.5 Å². The number of rotatable bonds is 4. The van der Waals surface area contributed by atoms with Crippen molar-refractivity contribution in [2.45, 2.75) is 37.6 Å². The molecule has 3 N–H and O–H groups in total. The van der Waals surface area contributed by atoms with Gasteiger partial charge in [-0.15, -0.1) is 11.3 Å². The van der Waals surface area contributed by atoms with Gasteiger partial charge in [-0.2, -0.15) is 14.6 Å². The first-order chi connectivity index (χ1) is 17.3. The zero-order valence-corrected chi connectivity index (χ0v) is 19.6. The number of hydrogen-bond donors (Lipinski definition) is 3. The number of thiophene rings is 1. The summed E-state index contributed by atoms with van der Waals surface area (Å²) in [5.74, 6) is -3.01. The molecule has 0 bridgehead atoms. The van der Waals surface area contributed by atoms with Crippen LogP contribution in [-0.2, 0) is 0 Å². The van der Waals surface area contributed by atoms with E-state index in [1.807, 2.05) is 0 Å². The SMILES string of the molecule is O=C(c1ccc(-c2nc(=NC3CC3)n3ncc(=Cc4[nH]c(=O)[nH]c4O)c3n2)s1)N1CCC(F)(F)CC1. The Kier molecular flexibility index (Phi) is 5.21. The van der Waals surface area contributed by atoms with E-state index in [1.54, 1.807) is 12.1 Å². The molecule has 36 heavy (non-hydrogen) atoms. The topological polar surface area (TPSA) is 145 Å². The Morgan fingerprint density at radius 1 is 1.22 bits per heavy atom. The first kappa shape index (κ1) is 22.5. The van der Waals surface area contributed by atoms with Gasteiger partial charge in [0.25, 0.3) is 11.8 Å². The molecule has 0 radical (unpaired) electrons. The molecule has 6 rings (SSSR count). The van der Waals surface area contributed by atoms with Crippen LogP contribution in [0.1, 0.15) is 41.0 Å². The van der Waals surface area contributed by atoms with Gasteiger partial charge in [0.15, 0.2) is 11.5 Å². The van der Waals surface area contributed by atoms with Crippen LogP contribution in [0.2, 0.25) is 0 Å². The van der Waals surface area contributed by atoms with Crippen LogP contribution in [0.4, 0.5) is 8.78 Å².